The third kappa shape index (κ3) is 2.53. The van der Waals surface area contributed by atoms with E-state index in [9.17, 15) is 9.59 Å². The highest BCUT2D eigenvalue weighted by molar-refractivity contribution is 6.06. The maximum absolute atomic E-state index is 11.6. The first-order chi connectivity index (χ1) is 8.38. The highest BCUT2D eigenvalue weighted by atomic mass is 16.2. The molecule has 1 fully saturated rings. The van der Waals surface area contributed by atoms with Crippen molar-refractivity contribution in [1.82, 2.24) is 5.32 Å². The number of benzene rings is 1. The van der Waals surface area contributed by atoms with E-state index in [4.69, 9.17) is 0 Å². The second-order valence-corrected chi connectivity index (χ2v) is 5.61. The Kier molecular flexibility index (Phi) is 3.11. The standard InChI is InChI=1S/C14H18N2O2/c1-14(2,3)9-6-4-5-7-10(9)15-11-8-12(17)16-13(11)18/h4-7,11,15H,8H2,1-3H3,(H,16,17,18). The quantitative estimate of drug-likeness (QED) is 0.782. The maximum atomic E-state index is 11.6. The average Bonchev–Trinajstić information content (AvgIpc) is 2.57. The highest BCUT2D eigenvalue weighted by Gasteiger charge is 2.31. The van der Waals surface area contributed by atoms with E-state index in [2.05, 4.69) is 31.4 Å². The van der Waals surface area contributed by atoms with Crippen LogP contribution in [-0.4, -0.2) is 17.9 Å². The second kappa shape index (κ2) is 4.44. The van der Waals surface area contributed by atoms with Crippen LogP contribution in [0.1, 0.15) is 32.8 Å². The van der Waals surface area contributed by atoms with E-state index in [0.29, 0.717) is 0 Å². The lowest BCUT2D eigenvalue weighted by Gasteiger charge is -2.24. The van der Waals surface area contributed by atoms with E-state index in [-0.39, 0.29) is 23.7 Å². The van der Waals surface area contributed by atoms with Crippen LogP contribution in [0.15, 0.2) is 24.3 Å². The smallest absolute Gasteiger partial charge is 0.249 e. The normalized spacial score (nSPS) is 19.8. The number of carbonyl (C=O) groups excluding carboxylic acids is 2. The van der Waals surface area contributed by atoms with Crippen LogP contribution in [-0.2, 0) is 15.0 Å². The lowest BCUT2D eigenvalue weighted by Crippen LogP contribution is -2.31. The van der Waals surface area contributed by atoms with Crippen LogP contribution in [0.4, 0.5) is 5.69 Å². The van der Waals surface area contributed by atoms with E-state index in [0.717, 1.165) is 11.3 Å². The fraction of sp³-hybridized carbons (Fsp3) is 0.429. The van der Waals surface area contributed by atoms with Gasteiger partial charge in [0, 0.05) is 5.69 Å². The van der Waals surface area contributed by atoms with Gasteiger partial charge in [-0.05, 0) is 17.0 Å². The largest absolute Gasteiger partial charge is 0.373 e. The third-order valence-electron chi connectivity index (χ3n) is 3.03. The fourth-order valence-corrected chi connectivity index (χ4v) is 2.12. The minimum absolute atomic E-state index is 0.0112. The van der Waals surface area contributed by atoms with Crippen LogP contribution in [0.2, 0.25) is 0 Å². The summed E-state index contributed by atoms with van der Waals surface area (Å²) in [5.41, 5.74) is 2.04. The van der Waals surface area contributed by atoms with Crippen LogP contribution >= 0.6 is 0 Å². The number of nitrogens with one attached hydrogen (secondary N) is 2. The SMILES string of the molecule is CC(C)(C)c1ccccc1NC1CC(=O)NC1=O. The predicted octanol–water partition coefficient (Wildman–Crippen LogP) is 1.81. The molecule has 0 aliphatic carbocycles. The Morgan fingerprint density at radius 2 is 1.89 bits per heavy atom. The van der Waals surface area contributed by atoms with Crippen LogP contribution in [0.3, 0.4) is 0 Å². The molecule has 0 aromatic heterocycles. The van der Waals surface area contributed by atoms with Crippen LogP contribution in [0.25, 0.3) is 0 Å². The van der Waals surface area contributed by atoms with Crippen molar-refractivity contribution < 1.29 is 9.59 Å². The first-order valence-corrected chi connectivity index (χ1v) is 6.07. The fourth-order valence-electron chi connectivity index (χ4n) is 2.12. The lowest BCUT2D eigenvalue weighted by atomic mass is 9.85. The van der Waals surface area contributed by atoms with Gasteiger partial charge in [-0.15, -0.1) is 0 Å². The van der Waals surface area contributed by atoms with Gasteiger partial charge in [0.05, 0.1) is 6.42 Å². The van der Waals surface area contributed by atoms with Gasteiger partial charge in [0.2, 0.25) is 11.8 Å². The number of rotatable bonds is 2. The average molecular weight is 246 g/mol. The molecule has 96 valence electrons. The third-order valence-corrected chi connectivity index (χ3v) is 3.03. The Morgan fingerprint density at radius 1 is 1.22 bits per heavy atom. The van der Waals surface area contributed by atoms with Gasteiger partial charge < -0.3 is 5.32 Å². The van der Waals surface area contributed by atoms with Gasteiger partial charge in [-0.1, -0.05) is 39.0 Å². The molecule has 1 heterocycles. The zero-order valence-corrected chi connectivity index (χ0v) is 10.9. The number of amides is 2. The van der Waals surface area contributed by atoms with Crippen molar-refractivity contribution in [2.24, 2.45) is 0 Å². The molecule has 1 aliphatic heterocycles. The van der Waals surface area contributed by atoms with Crippen LogP contribution in [0, 0.1) is 0 Å². The van der Waals surface area contributed by atoms with Crippen molar-refractivity contribution in [3.8, 4) is 0 Å². The minimum Gasteiger partial charge on any atom is -0.373 e. The molecule has 4 heteroatoms. The van der Waals surface area contributed by atoms with Crippen molar-refractivity contribution in [1.29, 1.82) is 0 Å². The van der Waals surface area contributed by atoms with Crippen LogP contribution < -0.4 is 10.6 Å². The molecule has 2 rings (SSSR count). The first kappa shape index (κ1) is 12.6. The number of hydrogen-bond donors (Lipinski definition) is 2. The van der Waals surface area contributed by atoms with Gasteiger partial charge in [-0.25, -0.2) is 0 Å². The predicted molar refractivity (Wildman–Crippen MR) is 70.3 cm³/mol. The van der Waals surface area contributed by atoms with Crippen molar-refractivity contribution in [3.63, 3.8) is 0 Å². The molecule has 0 radical (unpaired) electrons. The first-order valence-electron chi connectivity index (χ1n) is 6.07. The zero-order valence-electron chi connectivity index (χ0n) is 10.9. The molecule has 1 unspecified atom stereocenters. The van der Waals surface area contributed by atoms with Gasteiger partial charge in [-0.2, -0.15) is 0 Å². The van der Waals surface area contributed by atoms with Gasteiger partial charge in [0.25, 0.3) is 0 Å². The van der Waals surface area contributed by atoms with E-state index in [1.807, 2.05) is 24.3 Å². The Balaban J connectivity index is 2.25. The minimum atomic E-state index is -0.457. The van der Waals surface area contributed by atoms with Crippen molar-refractivity contribution in [2.45, 2.75) is 38.6 Å². The van der Waals surface area contributed by atoms with E-state index in [1.165, 1.54) is 0 Å². The summed E-state index contributed by atoms with van der Waals surface area (Å²) in [5.74, 6) is -0.463. The highest BCUT2D eigenvalue weighted by Crippen LogP contribution is 2.30. The topological polar surface area (TPSA) is 58.2 Å². The zero-order chi connectivity index (χ0) is 13.3. The summed E-state index contributed by atoms with van der Waals surface area (Å²) in [4.78, 5) is 22.7. The van der Waals surface area contributed by atoms with E-state index >= 15 is 0 Å². The number of imide groups is 1. The summed E-state index contributed by atoms with van der Waals surface area (Å²) in [6.45, 7) is 6.36. The molecule has 0 bridgehead atoms. The summed E-state index contributed by atoms with van der Waals surface area (Å²) in [6, 6.07) is 7.42. The monoisotopic (exact) mass is 246 g/mol. The number of hydrogen-bond acceptors (Lipinski definition) is 3. The molecule has 18 heavy (non-hydrogen) atoms. The van der Waals surface area contributed by atoms with Crippen molar-refractivity contribution in [3.05, 3.63) is 29.8 Å². The molecular formula is C14H18N2O2. The molecule has 1 saturated heterocycles. The summed E-state index contributed by atoms with van der Waals surface area (Å²) in [7, 11) is 0. The van der Waals surface area contributed by atoms with Crippen molar-refractivity contribution in [2.75, 3.05) is 5.32 Å². The molecular weight excluding hydrogens is 228 g/mol. The number of para-hydroxylation sites is 1. The van der Waals surface area contributed by atoms with Crippen molar-refractivity contribution >= 4 is 17.5 Å². The molecule has 1 aromatic rings. The van der Waals surface area contributed by atoms with Gasteiger partial charge in [-0.3, -0.25) is 14.9 Å². The Labute approximate surface area is 107 Å². The van der Waals surface area contributed by atoms with Gasteiger partial charge in [0.15, 0.2) is 0 Å². The molecule has 0 spiro atoms. The molecule has 0 saturated carbocycles. The molecule has 1 aliphatic rings. The van der Waals surface area contributed by atoms with Crippen LogP contribution in [0.5, 0.6) is 0 Å². The summed E-state index contributed by atoms with van der Waals surface area (Å²) >= 11 is 0. The second-order valence-electron chi connectivity index (χ2n) is 5.61. The Hall–Kier alpha value is -1.84. The van der Waals surface area contributed by atoms with E-state index in [1.54, 1.807) is 0 Å². The summed E-state index contributed by atoms with van der Waals surface area (Å²) < 4.78 is 0. The van der Waals surface area contributed by atoms with Gasteiger partial charge in [0.1, 0.15) is 6.04 Å². The molecule has 4 nitrogen and oxygen atoms in total. The molecule has 1 atom stereocenters. The van der Waals surface area contributed by atoms with Gasteiger partial charge >= 0.3 is 0 Å². The van der Waals surface area contributed by atoms with E-state index < -0.39 is 6.04 Å². The number of carbonyl (C=O) groups is 2. The Morgan fingerprint density at radius 3 is 2.44 bits per heavy atom. The maximum Gasteiger partial charge on any atom is 0.249 e. The summed E-state index contributed by atoms with van der Waals surface area (Å²) in [5, 5.41) is 5.47. The summed E-state index contributed by atoms with van der Waals surface area (Å²) in [6.07, 6.45) is 0.206. The molecule has 2 amide bonds. The molecule has 1 aromatic carbocycles. The molecule has 2 N–H and O–H groups in total. The Bertz CT molecular complexity index is 489. The lowest BCUT2D eigenvalue weighted by molar-refractivity contribution is -0.124. The number of anilines is 1.